The first-order valence-corrected chi connectivity index (χ1v) is 8.65. The van der Waals surface area contributed by atoms with E-state index in [1.165, 1.54) is 12.7 Å². The molecule has 0 aliphatic carbocycles. The van der Waals surface area contributed by atoms with Crippen LogP contribution in [-0.4, -0.2) is 59.6 Å². The van der Waals surface area contributed by atoms with Gasteiger partial charge in [-0.3, -0.25) is 4.57 Å². The molecule has 0 aromatic rings. The topological polar surface area (TPSA) is 122 Å². The predicted octanol–water partition coefficient (Wildman–Crippen LogP) is -0.151. The summed E-state index contributed by atoms with van der Waals surface area (Å²) in [6.07, 6.45) is -2.01. The number of hydrogen-bond donors (Lipinski definition) is 4. The van der Waals surface area contributed by atoms with Crippen molar-refractivity contribution >= 4 is 7.37 Å². The molecule has 1 unspecified atom stereocenters. The van der Waals surface area contributed by atoms with E-state index in [0.717, 1.165) is 0 Å². The van der Waals surface area contributed by atoms with Gasteiger partial charge >= 0.3 is 0 Å². The van der Waals surface area contributed by atoms with Gasteiger partial charge in [0.2, 0.25) is 0 Å². The molecule has 1 aliphatic heterocycles. The van der Waals surface area contributed by atoms with Gasteiger partial charge in [0, 0.05) is 18.6 Å². The van der Waals surface area contributed by atoms with Crippen molar-refractivity contribution in [2.24, 2.45) is 11.7 Å². The van der Waals surface area contributed by atoms with Crippen LogP contribution in [0.3, 0.4) is 0 Å². The lowest BCUT2D eigenvalue weighted by molar-refractivity contribution is -0.105. The summed E-state index contributed by atoms with van der Waals surface area (Å²) in [4.78, 5) is 0. The fourth-order valence-corrected chi connectivity index (χ4v) is 3.45. The van der Waals surface area contributed by atoms with E-state index in [1.54, 1.807) is 13.8 Å². The lowest BCUT2D eigenvalue weighted by Crippen LogP contribution is -2.50. The molecule has 118 valence electrons. The van der Waals surface area contributed by atoms with E-state index in [4.69, 9.17) is 20.1 Å². The van der Waals surface area contributed by atoms with Crippen LogP contribution in [0.2, 0.25) is 0 Å². The van der Waals surface area contributed by atoms with Gasteiger partial charge in [0.1, 0.15) is 18.3 Å². The molecule has 0 saturated heterocycles. The number of aliphatic hydroxyl groups is 3. The molecule has 5 N–H and O–H groups in total. The monoisotopic (exact) mass is 309 g/mol. The third kappa shape index (κ3) is 3.81. The first-order chi connectivity index (χ1) is 9.24. The number of nitrogens with two attached hydrogens (primary N) is 1. The van der Waals surface area contributed by atoms with E-state index in [1.807, 2.05) is 0 Å². The molecule has 0 spiro atoms. The lowest BCUT2D eigenvalue weighted by Gasteiger charge is -2.38. The zero-order chi connectivity index (χ0) is 15.5. The molecule has 20 heavy (non-hydrogen) atoms. The number of rotatable bonds is 6. The van der Waals surface area contributed by atoms with Crippen molar-refractivity contribution < 1.29 is 29.1 Å². The van der Waals surface area contributed by atoms with Crippen LogP contribution in [0.4, 0.5) is 0 Å². The molecule has 0 aromatic heterocycles. The first kappa shape index (κ1) is 17.6. The smallest absolute Gasteiger partial charge is 0.262 e. The molecule has 0 amide bonds. The normalized spacial score (nSPS) is 32.8. The maximum Gasteiger partial charge on any atom is 0.262 e. The summed E-state index contributed by atoms with van der Waals surface area (Å²) in [6.45, 7) is 4.53. The van der Waals surface area contributed by atoms with Gasteiger partial charge in [-0.15, -0.1) is 0 Å². The van der Waals surface area contributed by atoms with Gasteiger partial charge in [0.25, 0.3) is 7.37 Å². The van der Waals surface area contributed by atoms with Gasteiger partial charge in [-0.1, -0.05) is 6.92 Å². The van der Waals surface area contributed by atoms with Crippen LogP contribution in [-0.2, 0) is 13.8 Å². The van der Waals surface area contributed by atoms with Gasteiger partial charge in [-0.2, -0.15) is 0 Å². The Morgan fingerprint density at radius 2 is 2.15 bits per heavy atom. The van der Waals surface area contributed by atoms with Gasteiger partial charge < -0.3 is 30.3 Å². The Morgan fingerprint density at radius 1 is 1.55 bits per heavy atom. The fraction of sp³-hybridized carbons (Fsp3) is 0.833. The predicted molar refractivity (Wildman–Crippen MR) is 74.4 cm³/mol. The molecule has 0 saturated carbocycles. The van der Waals surface area contributed by atoms with Gasteiger partial charge in [0.05, 0.1) is 13.2 Å². The van der Waals surface area contributed by atoms with Crippen molar-refractivity contribution in [1.29, 1.82) is 0 Å². The van der Waals surface area contributed by atoms with Gasteiger partial charge in [0.15, 0.2) is 5.50 Å². The highest BCUT2D eigenvalue weighted by Gasteiger charge is 2.41. The molecular formula is C12H24NO6P. The Bertz CT molecular complexity index is 401. The summed E-state index contributed by atoms with van der Waals surface area (Å²) >= 11 is 0. The summed E-state index contributed by atoms with van der Waals surface area (Å²) in [5.41, 5.74) is 6.04. The Morgan fingerprint density at radius 3 is 2.65 bits per heavy atom. The lowest BCUT2D eigenvalue weighted by atomic mass is 9.89. The van der Waals surface area contributed by atoms with Gasteiger partial charge in [-0.25, -0.2) is 0 Å². The quantitative estimate of drug-likeness (QED) is 0.503. The van der Waals surface area contributed by atoms with Gasteiger partial charge in [-0.05, 0) is 13.0 Å². The number of hydrogen-bond acceptors (Lipinski definition) is 7. The Balaban J connectivity index is 2.98. The summed E-state index contributed by atoms with van der Waals surface area (Å²) in [5.74, 6) is -0.309. The molecule has 6 atom stereocenters. The molecule has 8 heteroatoms. The third-order valence-corrected chi connectivity index (χ3v) is 5.22. The molecule has 1 rings (SSSR count). The molecular weight excluding hydrogens is 285 g/mol. The van der Waals surface area contributed by atoms with Crippen LogP contribution in [0.1, 0.15) is 13.8 Å². The molecule has 1 heterocycles. The Kier molecular flexibility index (Phi) is 6.19. The van der Waals surface area contributed by atoms with E-state index in [2.05, 4.69) is 0 Å². The zero-order valence-corrected chi connectivity index (χ0v) is 12.9. The number of ether oxygens (including phenoxy) is 1. The fourth-order valence-electron chi connectivity index (χ4n) is 2.07. The van der Waals surface area contributed by atoms with Crippen molar-refractivity contribution in [2.75, 3.05) is 19.9 Å². The minimum Gasteiger partial charge on any atom is -0.482 e. The number of aliphatic hydroxyl groups excluding tert-OH is 3. The van der Waals surface area contributed by atoms with Crippen molar-refractivity contribution in [2.45, 2.75) is 38.2 Å². The van der Waals surface area contributed by atoms with E-state index >= 15 is 0 Å². The second-order valence-corrected chi connectivity index (χ2v) is 7.42. The Labute approximate surface area is 118 Å². The summed E-state index contributed by atoms with van der Waals surface area (Å²) in [5, 5.41) is 28.4. The molecule has 0 radical (unpaired) electrons. The van der Waals surface area contributed by atoms with E-state index in [-0.39, 0.29) is 18.0 Å². The highest BCUT2D eigenvalue weighted by molar-refractivity contribution is 7.62. The van der Waals surface area contributed by atoms with E-state index < -0.39 is 38.3 Å². The largest absolute Gasteiger partial charge is 0.482 e. The summed E-state index contributed by atoms with van der Waals surface area (Å²) < 4.78 is 23.1. The highest BCUT2D eigenvalue weighted by atomic mass is 31.2. The van der Waals surface area contributed by atoms with Crippen molar-refractivity contribution in [3.63, 3.8) is 0 Å². The second kappa shape index (κ2) is 7.02. The van der Waals surface area contributed by atoms with Crippen LogP contribution in [0, 0.1) is 5.92 Å². The maximum atomic E-state index is 12.4. The molecule has 7 nitrogen and oxygen atoms in total. The van der Waals surface area contributed by atoms with E-state index in [9.17, 15) is 14.8 Å². The zero-order valence-electron chi connectivity index (χ0n) is 12.0. The highest BCUT2D eigenvalue weighted by Crippen LogP contribution is 2.54. The maximum absolute atomic E-state index is 12.4. The van der Waals surface area contributed by atoms with Crippen molar-refractivity contribution in [3.8, 4) is 0 Å². The average Bonchev–Trinajstić information content (AvgIpc) is 2.39. The van der Waals surface area contributed by atoms with Crippen LogP contribution in [0.15, 0.2) is 11.6 Å². The summed E-state index contributed by atoms with van der Waals surface area (Å²) in [6, 6.07) is -0.488. The van der Waals surface area contributed by atoms with Crippen LogP contribution in [0.25, 0.3) is 0 Å². The standard InChI is InChI=1S/C12H24NO6P/c1-4-18-20(3,17)10-5-8(13)7(2)12(19-10)11(16)9(15)6-14/h5,7-9,11-12,14-16H,4,6,13H2,1-3H3/t7-,8+,9-,11-,12-,20?/m1/s1. The SMILES string of the molecule is CCOP(C)(=O)C1=C[C@H](N)[C@@H](C)[C@H]([C@H](O)[C@H](O)CO)O1. The molecule has 1 aliphatic rings. The second-order valence-electron chi connectivity index (χ2n) is 5.03. The van der Waals surface area contributed by atoms with E-state index in [0.29, 0.717) is 0 Å². The first-order valence-electron chi connectivity index (χ1n) is 6.58. The van der Waals surface area contributed by atoms with Crippen LogP contribution in [0.5, 0.6) is 0 Å². The summed E-state index contributed by atoms with van der Waals surface area (Å²) in [7, 11) is -3.14. The minimum absolute atomic E-state index is 0.0964. The Hall–Kier alpha value is -0.430. The van der Waals surface area contributed by atoms with Crippen molar-refractivity contribution in [3.05, 3.63) is 11.6 Å². The van der Waals surface area contributed by atoms with Crippen LogP contribution >= 0.6 is 7.37 Å². The minimum atomic E-state index is -3.14. The molecule has 0 bridgehead atoms. The molecule has 0 fully saturated rings. The van der Waals surface area contributed by atoms with Crippen LogP contribution < -0.4 is 5.73 Å². The average molecular weight is 309 g/mol. The molecule has 0 aromatic carbocycles. The third-order valence-electron chi connectivity index (χ3n) is 3.41. The van der Waals surface area contributed by atoms with Crippen molar-refractivity contribution in [1.82, 2.24) is 0 Å².